The van der Waals surface area contributed by atoms with Gasteiger partial charge in [-0.3, -0.25) is 25.7 Å². The Hall–Kier alpha value is -2.51. The van der Waals surface area contributed by atoms with E-state index >= 15 is 0 Å². The van der Waals surface area contributed by atoms with Crippen molar-refractivity contribution in [3.05, 3.63) is 38.4 Å². The molecule has 1 N–H and O–H groups in total. The molecule has 148 valence electrons. The van der Waals surface area contributed by atoms with Crippen molar-refractivity contribution >= 4 is 22.8 Å². The van der Waals surface area contributed by atoms with E-state index < -0.39 is 9.85 Å². The summed E-state index contributed by atoms with van der Waals surface area (Å²) < 4.78 is 0. The summed E-state index contributed by atoms with van der Waals surface area (Å²) in [5, 5.41) is 26.5. The van der Waals surface area contributed by atoms with Gasteiger partial charge in [0.15, 0.2) is 0 Å². The SMILES string of the molecule is CCCC(C)(C)[C@H]1CCC(=NNc2ccc([N+](=O)[O-])cc2[N+](=O)[O-])[C@@H](C)C1. The Labute approximate surface area is 159 Å². The van der Waals surface area contributed by atoms with Gasteiger partial charge in [0.2, 0.25) is 0 Å². The normalized spacial score (nSPS) is 21.9. The third-order valence-corrected chi connectivity index (χ3v) is 5.66. The van der Waals surface area contributed by atoms with Crippen LogP contribution < -0.4 is 5.43 Å². The maximum absolute atomic E-state index is 11.2. The van der Waals surface area contributed by atoms with Crippen molar-refractivity contribution in [1.82, 2.24) is 0 Å². The number of hydrogen-bond donors (Lipinski definition) is 1. The number of hydrazone groups is 1. The Kier molecular flexibility index (Phi) is 6.51. The highest BCUT2D eigenvalue weighted by atomic mass is 16.6. The monoisotopic (exact) mass is 376 g/mol. The van der Waals surface area contributed by atoms with Crippen LogP contribution >= 0.6 is 0 Å². The van der Waals surface area contributed by atoms with Crippen molar-refractivity contribution in [3.8, 4) is 0 Å². The molecule has 0 aliphatic heterocycles. The van der Waals surface area contributed by atoms with Gasteiger partial charge >= 0.3 is 5.69 Å². The highest BCUT2D eigenvalue weighted by Gasteiger charge is 2.34. The van der Waals surface area contributed by atoms with Crippen LogP contribution in [0.4, 0.5) is 17.1 Å². The largest absolute Gasteiger partial charge is 0.301 e. The van der Waals surface area contributed by atoms with Gasteiger partial charge in [-0.1, -0.05) is 34.1 Å². The molecule has 0 bridgehead atoms. The van der Waals surface area contributed by atoms with Gasteiger partial charge in [-0.15, -0.1) is 0 Å². The van der Waals surface area contributed by atoms with E-state index in [1.807, 2.05) is 0 Å². The van der Waals surface area contributed by atoms with E-state index in [4.69, 9.17) is 0 Å². The molecule has 8 nitrogen and oxygen atoms in total. The summed E-state index contributed by atoms with van der Waals surface area (Å²) in [7, 11) is 0. The minimum absolute atomic E-state index is 0.165. The molecule has 1 aromatic carbocycles. The summed E-state index contributed by atoms with van der Waals surface area (Å²) in [4.78, 5) is 20.8. The minimum Gasteiger partial charge on any atom is -0.272 e. The standard InChI is InChI=1S/C19H28N4O4/c1-5-10-19(3,4)14-6-8-16(13(2)11-14)20-21-17-9-7-15(22(24)25)12-18(17)23(26)27/h7,9,12-14,21H,5-6,8,10-11H2,1-4H3/t13-,14-/m0/s1. The summed E-state index contributed by atoms with van der Waals surface area (Å²) in [6.45, 7) is 9.00. The summed E-state index contributed by atoms with van der Waals surface area (Å²) in [5.41, 5.74) is 3.56. The number of nitro groups is 2. The Bertz CT molecular complexity index is 745. The lowest BCUT2D eigenvalue weighted by molar-refractivity contribution is -0.393. The number of hydrogen-bond acceptors (Lipinski definition) is 6. The lowest BCUT2D eigenvalue weighted by Gasteiger charge is -2.39. The molecule has 0 heterocycles. The van der Waals surface area contributed by atoms with Crippen LogP contribution in [0.25, 0.3) is 0 Å². The molecule has 1 aromatic rings. The van der Waals surface area contributed by atoms with Crippen LogP contribution in [-0.2, 0) is 0 Å². The van der Waals surface area contributed by atoms with Crippen molar-refractivity contribution < 1.29 is 9.85 Å². The second kappa shape index (κ2) is 8.45. The fraction of sp³-hybridized carbons (Fsp3) is 0.632. The summed E-state index contributed by atoms with van der Waals surface area (Å²) in [5.74, 6) is 0.935. The first kappa shape index (κ1) is 20.8. The number of nitrogens with one attached hydrogen (secondary N) is 1. The third kappa shape index (κ3) is 5.02. The molecule has 8 heteroatoms. The average Bonchev–Trinajstić information content (AvgIpc) is 2.60. The summed E-state index contributed by atoms with van der Waals surface area (Å²) in [6.07, 6.45) is 5.33. The number of nitrogens with zero attached hydrogens (tertiary/aromatic N) is 3. The van der Waals surface area contributed by atoms with Crippen molar-refractivity contribution in [3.63, 3.8) is 0 Å². The van der Waals surface area contributed by atoms with E-state index in [1.54, 1.807) is 0 Å². The molecule has 0 amide bonds. The van der Waals surface area contributed by atoms with E-state index in [-0.39, 0.29) is 17.1 Å². The first-order valence-corrected chi connectivity index (χ1v) is 9.41. The molecule has 27 heavy (non-hydrogen) atoms. The molecule has 1 aliphatic carbocycles. The second-order valence-corrected chi connectivity index (χ2v) is 8.04. The lowest BCUT2D eigenvalue weighted by Crippen LogP contribution is -2.33. The first-order valence-electron chi connectivity index (χ1n) is 9.41. The molecule has 1 aliphatic rings. The van der Waals surface area contributed by atoms with Gasteiger partial charge in [0.05, 0.1) is 15.9 Å². The van der Waals surface area contributed by atoms with E-state index in [9.17, 15) is 20.2 Å². The molecule has 0 saturated heterocycles. The fourth-order valence-corrected chi connectivity index (χ4v) is 3.98. The number of rotatable bonds is 7. The Morgan fingerprint density at radius 2 is 1.96 bits per heavy atom. The van der Waals surface area contributed by atoms with Gasteiger partial charge in [-0.2, -0.15) is 5.10 Å². The van der Waals surface area contributed by atoms with Crippen LogP contribution in [0.5, 0.6) is 0 Å². The van der Waals surface area contributed by atoms with Crippen molar-refractivity contribution in [2.75, 3.05) is 5.43 Å². The zero-order valence-electron chi connectivity index (χ0n) is 16.4. The molecule has 0 unspecified atom stereocenters. The van der Waals surface area contributed by atoms with Gasteiger partial charge in [0, 0.05) is 11.8 Å². The fourth-order valence-electron chi connectivity index (χ4n) is 3.98. The van der Waals surface area contributed by atoms with E-state index in [2.05, 4.69) is 38.2 Å². The van der Waals surface area contributed by atoms with Crippen LogP contribution in [0, 0.1) is 37.5 Å². The number of anilines is 1. The van der Waals surface area contributed by atoms with Gasteiger partial charge in [-0.05, 0) is 49.0 Å². The molecule has 0 aromatic heterocycles. The predicted molar refractivity (Wildman–Crippen MR) is 106 cm³/mol. The smallest absolute Gasteiger partial charge is 0.272 e. The van der Waals surface area contributed by atoms with Crippen molar-refractivity contribution in [2.24, 2.45) is 22.4 Å². The maximum Gasteiger partial charge on any atom is 0.301 e. The van der Waals surface area contributed by atoms with Gasteiger partial charge in [-0.25, -0.2) is 0 Å². The zero-order valence-corrected chi connectivity index (χ0v) is 16.4. The Morgan fingerprint density at radius 3 is 2.52 bits per heavy atom. The van der Waals surface area contributed by atoms with Crippen molar-refractivity contribution in [2.45, 2.75) is 59.8 Å². The Morgan fingerprint density at radius 1 is 1.26 bits per heavy atom. The molecule has 2 rings (SSSR count). The summed E-state index contributed by atoms with van der Waals surface area (Å²) in [6, 6.07) is 3.53. The van der Waals surface area contributed by atoms with Gasteiger partial charge < -0.3 is 0 Å². The lowest BCUT2D eigenvalue weighted by atomic mass is 9.66. The highest BCUT2D eigenvalue weighted by Crippen LogP contribution is 2.42. The van der Waals surface area contributed by atoms with Gasteiger partial charge in [0.1, 0.15) is 5.69 Å². The summed E-state index contributed by atoms with van der Waals surface area (Å²) >= 11 is 0. The topological polar surface area (TPSA) is 111 Å². The van der Waals surface area contributed by atoms with Crippen LogP contribution in [0.2, 0.25) is 0 Å². The zero-order chi connectivity index (χ0) is 20.2. The molecular weight excluding hydrogens is 348 g/mol. The molecule has 0 spiro atoms. The molecule has 1 saturated carbocycles. The maximum atomic E-state index is 11.2. The number of nitro benzene ring substituents is 2. The van der Waals surface area contributed by atoms with E-state index in [1.165, 1.54) is 25.0 Å². The first-order chi connectivity index (χ1) is 12.7. The van der Waals surface area contributed by atoms with E-state index in [0.717, 1.165) is 31.0 Å². The minimum atomic E-state index is -0.649. The second-order valence-electron chi connectivity index (χ2n) is 8.04. The quantitative estimate of drug-likeness (QED) is 0.496. The molecule has 0 radical (unpaired) electrons. The number of benzene rings is 1. The van der Waals surface area contributed by atoms with E-state index in [0.29, 0.717) is 17.3 Å². The molecule has 1 fully saturated rings. The van der Waals surface area contributed by atoms with Crippen LogP contribution in [0.15, 0.2) is 23.3 Å². The predicted octanol–water partition coefficient (Wildman–Crippen LogP) is 5.53. The van der Waals surface area contributed by atoms with Crippen LogP contribution in [0.3, 0.4) is 0 Å². The van der Waals surface area contributed by atoms with Crippen molar-refractivity contribution in [1.29, 1.82) is 0 Å². The Balaban J connectivity index is 2.13. The van der Waals surface area contributed by atoms with Gasteiger partial charge in [0.25, 0.3) is 5.69 Å². The number of non-ortho nitro benzene ring substituents is 1. The molecule has 2 atom stereocenters. The highest BCUT2D eigenvalue weighted by molar-refractivity contribution is 5.88. The average molecular weight is 376 g/mol. The molecular formula is C19H28N4O4. The van der Waals surface area contributed by atoms with Crippen LogP contribution in [-0.4, -0.2) is 15.6 Å². The third-order valence-electron chi connectivity index (χ3n) is 5.66. The van der Waals surface area contributed by atoms with Crippen LogP contribution in [0.1, 0.15) is 59.8 Å².